The molecular weight excluding hydrogens is 507 g/mol. The van der Waals surface area contributed by atoms with E-state index in [9.17, 15) is 0 Å². The van der Waals surface area contributed by atoms with E-state index in [1.807, 2.05) is 0 Å². The zero-order valence-electron chi connectivity index (χ0n) is 21.6. The molecule has 6 aromatic rings. The van der Waals surface area contributed by atoms with Crippen molar-refractivity contribution in [2.24, 2.45) is 9.98 Å². The second-order valence-corrected chi connectivity index (χ2v) is 9.53. The molecule has 0 saturated carbocycles. The summed E-state index contributed by atoms with van der Waals surface area (Å²) in [7, 11) is 0. The van der Waals surface area contributed by atoms with Crippen LogP contribution in [0.4, 0.5) is 11.4 Å². The minimum Gasteiger partial charge on any atom is -0.358 e. The molecule has 0 atom stereocenters. The van der Waals surface area contributed by atoms with Crippen molar-refractivity contribution in [2.45, 2.75) is 13.8 Å². The van der Waals surface area contributed by atoms with E-state index in [-0.39, 0.29) is 23.9 Å². The Morgan fingerprint density at radius 2 is 0.868 bits per heavy atom. The number of hydrogen-bond donors (Lipinski definition) is 0. The first-order chi connectivity index (χ1) is 17.7. The fourth-order valence-electron chi connectivity index (χ4n) is 5.47. The molecular formula is C35H27N2Ni+. The van der Waals surface area contributed by atoms with E-state index in [1.165, 1.54) is 21.5 Å². The molecule has 0 unspecified atom stereocenters. The van der Waals surface area contributed by atoms with E-state index in [4.69, 9.17) is 9.98 Å². The second-order valence-electron chi connectivity index (χ2n) is 9.53. The summed E-state index contributed by atoms with van der Waals surface area (Å²) in [5.41, 5.74) is 8.50. The van der Waals surface area contributed by atoms with Crippen molar-refractivity contribution in [3.05, 3.63) is 139 Å². The fraction of sp³-hybridized carbons (Fsp3) is 0.0571. The molecule has 0 bridgehead atoms. The van der Waals surface area contributed by atoms with Gasteiger partial charge in [-0.05, 0) is 41.1 Å². The number of aryl methyl sites for hydroxylation is 2. The topological polar surface area (TPSA) is 24.7 Å². The molecule has 0 heterocycles. The summed E-state index contributed by atoms with van der Waals surface area (Å²) in [5, 5.41) is 7.15. The van der Waals surface area contributed by atoms with Crippen LogP contribution < -0.4 is 0 Å². The summed E-state index contributed by atoms with van der Waals surface area (Å²) in [6.07, 6.45) is 0. The van der Waals surface area contributed by atoms with Gasteiger partial charge in [-0.25, -0.2) is 9.98 Å². The first-order valence-electron chi connectivity index (χ1n) is 12.4. The van der Waals surface area contributed by atoms with E-state index in [0.29, 0.717) is 0 Å². The van der Waals surface area contributed by atoms with Crippen LogP contribution in [0.2, 0.25) is 0 Å². The van der Waals surface area contributed by atoms with Crippen LogP contribution in [0, 0.1) is 21.3 Å². The Morgan fingerprint density at radius 1 is 0.447 bits per heavy atom. The zero-order valence-corrected chi connectivity index (χ0v) is 22.6. The van der Waals surface area contributed by atoms with Crippen LogP contribution in [0.15, 0.2) is 119 Å². The minimum absolute atomic E-state index is 0. The summed E-state index contributed by atoms with van der Waals surface area (Å²) < 4.78 is 0. The Morgan fingerprint density at radius 3 is 1.34 bits per heavy atom. The van der Waals surface area contributed by atoms with E-state index in [0.717, 1.165) is 55.8 Å². The number of hydrogen-bond acceptors (Lipinski definition) is 2. The number of rotatable bonds is 2. The summed E-state index contributed by atoms with van der Waals surface area (Å²) in [6, 6.07) is 38.6. The molecule has 0 fully saturated rings. The van der Waals surface area contributed by atoms with Gasteiger partial charge in [-0.15, -0.1) is 0 Å². The molecule has 7 rings (SSSR count). The molecule has 0 aliphatic heterocycles. The first-order valence-corrected chi connectivity index (χ1v) is 12.4. The van der Waals surface area contributed by atoms with Gasteiger partial charge in [-0.3, -0.25) is 0 Å². The first kappa shape index (κ1) is 25.6. The van der Waals surface area contributed by atoms with Gasteiger partial charge in [-0.2, -0.15) is 0 Å². The van der Waals surface area contributed by atoms with Crippen molar-refractivity contribution in [1.29, 1.82) is 0 Å². The molecule has 2 nitrogen and oxygen atoms in total. The third-order valence-electron chi connectivity index (χ3n) is 7.29. The van der Waals surface area contributed by atoms with E-state index in [1.54, 1.807) is 0 Å². The van der Waals surface area contributed by atoms with Gasteiger partial charge < -0.3 is 7.43 Å². The summed E-state index contributed by atoms with van der Waals surface area (Å²) in [4.78, 5) is 10.8. The van der Waals surface area contributed by atoms with Gasteiger partial charge in [0.05, 0.1) is 22.8 Å². The number of benzene rings is 6. The zero-order chi connectivity index (χ0) is 24.2. The molecule has 1 aliphatic carbocycles. The average molecular weight is 534 g/mol. The summed E-state index contributed by atoms with van der Waals surface area (Å²) >= 11 is 0. The summed E-state index contributed by atoms with van der Waals surface area (Å²) in [5.74, 6) is 0. The molecule has 1 aliphatic rings. The number of nitrogens with zero attached hydrogens (tertiary/aromatic N) is 2. The SMILES string of the molecule is Cc1ccc2ccccc2c1N=C1C(=Nc2c(C)ccc3ccccc23)c2cccc3cccc1c23.[CH3-].[Ni+2]. The van der Waals surface area contributed by atoms with Crippen LogP contribution in [0.5, 0.6) is 0 Å². The van der Waals surface area contributed by atoms with E-state index >= 15 is 0 Å². The van der Waals surface area contributed by atoms with Crippen LogP contribution in [-0.4, -0.2) is 11.4 Å². The quantitative estimate of drug-likeness (QED) is 0.156. The van der Waals surface area contributed by atoms with Crippen LogP contribution in [0.1, 0.15) is 22.3 Å². The van der Waals surface area contributed by atoms with Crippen LogP contribution in [-0.2, 0) is 16.5 Å². The molecule has 0 saturated heterocycles. The maximum Gasteiger partial charge on any atom is 2.00 e. The van der Waals surface area contributed by atoms with Gasteiger partial charge in [0.1, 0.15) is 0 Å². The van der Waals surface area contributed by atoms with Gasteiger partial charge in [0.15, 0.2) is 0 Å². The Kier molecular flexibility index (Phi) is 6.74. The average Bonchev–Trinajstić information content (AvgIpc) is 3.21. The number of fused-ring (bicyclic) bond motifs is 2. The molecule has 0 spiro atoms. The minimum atomic E-state index is 0. The smallest absolute Gasteiger partial charge is 0.358 e. The Bertz CT molecular complexity index is 1780. The largest absolute Gasteiger partial charge is 2.00 e. The molecule has 0 amide bonds. The van der Waals surface area contributed by atoms with Crippen LogP contribution in [0.25, 0.3) is 32.3 Å². The van der Waals surface area contributed by atoms with Gasteiger partial charge in [0.2, 0.25) is 0 Å². The summed E-state index contributed by atoms with van der Waals surface area (Å²) in [6.45, 7) is 4.28. The van der Waals surface area contributed by atoms with Crippen molar-refractivity contribution >= 4 is 55.1 Å². The monoisotopic (exact) mass is 533 g/mol. The predicted octanol–water partition coefficient (Wildman–Crippen LogP) is 9.47. The van der Waals surface area contributed by atoms with E-state index < -0.39 is 0 Å². The van der Waals surface area contributed by atoms with Crippen molar-refractivity contribution in [3.8, 4) is 0 Å². The normalized spacial score (nSPS) is 14.3. The predicted molar refractivity (Wildman–Crippen MR) is 160 cm³/mol. The maximum atomic E-state index is 5.40. The van der Waals surface area contributed by atoms with E-state index in [2.05, 4.69) is 123 Å². The Labute approximate surface area is 233 Å². The Hall–Kier alpha value is -4.07. The van der Waals surface area contributed by atoms with Gasteiger partial charge in [0, 0.05) is 27.3 Å². The molecule has 3 heteroatoms. The van der Waals surface area contributed by atoms with Crippen LogP contribution in [0.3, 0.4) is 0 Å². The molecule has 6 aromatic carbocycles. The maximum absolute atomic E-state index is 5.40. The molecule has 38 heavy (non-hydrogen) atoms. The third kappa shape index (κ3) is 3.95. The fourth-order valence-corrected chi connectivity index (χ4v) is 5.47. The molecule has 0 radical (unpaired) electrons. The van der Waals surface area contributed by atoms with Gasteiger partial charge in [0.25, 0.3) is 0 Å². The standard InChI is InChI=1S/C34H24N2.CH3.Ni/c1-21-17-19-23-9-3-5-13-26(23)31(21)35-33-28-15-7-11-25-12-8-16-29(30(25)28)34(33)36-32-22(2)18-20-24-10-4-6-14-27(24)32;;/h3-20H,1-2H3;1H3;/q;-1;+2. The van der Waals surface area contributed by atoms with Crippen molar-refractivity contribution in [3.63, 3.8) is 0 Å². The molecule has 186 valence electrons. The van der Waals surface area contributed by atoms with Crippen LogP contribution >= 0.6 is 0 Å². The van der Waals surface area contributed by atoms with Crippen molar-refractivity contribution in [1.82, 2.24) is 0 Å². The third-order valence-corrected chi connectivity index (χ3v) is 7.29. The Balaban J connectivity index is 0.00000147. The number of aliphatic imine (C=N–C) groups is 2. The van der Waals surface area contributed by atoms with Gasteiger partial charge >= 0.3 is 16.5 Å². The van der Waals surface area contributed by atoms with Gasteiger partial charge in [-0.1, -0.05) is 109 Å². The van der Waals surface area contributed by atoms with Crippen molar-refractivity contribution < 1.29 is 16.5 Å². The molecule has 0 aromatic heterocycles. The van der Waals surface area contributed by atoms with Crippen molar-refractivity contribution in [2.75, 3.05) is 0 Å². The molecule has 0 N–H and O–H groups in total. The second kappa shape index (κ2) is 10.0.